The zero-order chi connectivity index (χ0) is 14.9. The van der Waals surface area contributed by atoms with E-state index in [-0.39, 0.29) is 4.90 Å². The van der Waals surface area contributed by atoms with Gasteiger partial charge in [-0.2, -0.15) is 13.2 Å². The smallest absolute Gasteiger partial charge is 0.229 e. The van der Waals surface area contributed by atoms with Crippen LogP contribution in [0.5, 0.6) is 0 Å². The SMILES string of the molecule is NS(=O)(=O)CCS(=O)(=O)c1ccc(C(F)(F)F)cc1. The molecule has 1 aromatic carbocycles. The van der Waals surface area contributed by atoms with Crippen molar-refractivity contribution in [1.29, 1.82) is 0 Å². The lowest BCUT2D eigenvalue weighted by Crippen LogP contribution is -2.23. The molecule has 1 aromatic rings. The van der Waals surface area contributed by atoms with Gasteiger partial charge in [0.05, 0.1) is 22.0 Å². The third kappa shape index (κ3) is 4.80. The Labute approximate surface area is 108 Å². The molecular formula is C9H10F3NO4S2. The van der Waals surface area contributed by atoms with Crippen LogP contribution in [0.2, 0.25) is 0 Å². The van der Waals surface area contributed by atoms with Crippen molar-refractivity contribution in [2.45, 2.75) is 11.1 Å². The molecule has 0 fully saturated rings. The molecule has 19 heavy (non-hydrogen) atoms. The number of sulfonamides is 1. The molecule has 0 saturated carbocycles. The van der Waals surface area contributed by atoms with E-state index < -0.39 is 43.1 Å². The summed E-state index contributed by atoms with van der Waals surface area (Å²) >= 11 is 0. The van der Waals surface area contributed by atoms with Crippen molar-refractivity contribution < 1.29 is 30.0 Å². The maximum absolute atomic E-state index is 12.3. The fourth-order valence-corrected chi connectivity index (χ4v) is 3.79. The number of nitrogens with two attached hydrogens (primary N) is 1. The minimum atomic E-state index is -4.57. The first-order valence-corrected chi connectivity index (χ1v) is 8.19. The molecule has 0 radical (unpaired) electrons. The van der Waals surface area contributed by atoms with Crippen molar-refractivity contribution in [3.05, 3.63) is 29.8 Å². The zero-order valence-corrected chi connectivity index (χ0v) is 11.0. The van der Waals surface area contributed by atoms with Gasteiger partial charge in [-0.1, -0.05) is 0 Å². The summed E-state index contributed by atoms with van der Waals surface area (Å²) in [6, 6.07) is 2.79. The van der Waals surface area contributed by atoms with Crippen LogP contribution in [0, 0.1) is 0 Å². The number of alkyl halides is 3. The van der Waals surface area contributed by atoms with Gasteiger partial charge in [-0.15, -0.1) is 0 Å². The Hall–Kier alpha value is -1.13. The summed E-state index contributed by atoms with van der Waals surface area (Å²) in [5.41, 5.74) is -0.988. The lowest BCUT2D eigenvalue weighted by Gasteiger charge is -2.08. The molecular weight excluding hydrogens is 307 g/mol. The first kappa shape index (κ1) is 15.9. The maximum Gasteiger partial charge on any atom is 0.416 e. The molecule has 0 bridgehead atoms. The number of benzene rings is 1. The normalized spacial score (nSPS) is 13.5. The Kier molecular flexibility index (Phi) is 4.27. The summed E-state index contributed by atoms with van der Waals surface area (Å²) in [5.74, 6) is -1.58. The zero-order valence-electron chi connectivity index (χ0n) is 9.38. The molecule has 0 atom stereocenters. The molecule has 108 valence electrons. The molecule has 1 rings (SSSR count). The van der Waals surface area contributed by atoms with Gasteiger partial charge in [0, 0.05) is 0 Å². The van der Waals surface area contributed by atoms with Crippen LogP contribution in [0.1, 0.15) is 5.56 Å². The Bertz CT molecular complexity index is 648. The molecule has 0 aromatic heterocycles. The average molecular weight is 317 g/mol. The number of sulfone groups is 1. The third-order valence-electron chi connectivity index (χ3n) is 2.18. The Morgan fingerprint density at radius 3 is 1.79 bits per heavy atom. The monoisotopic (exact) mass is 317 g/mol. The van der Waals surface area contributed by atoms with Crippen molar-refractivity contribution >= 4 is 19.9 Å². The lowest BCUT2D eigenvalue weighted by molar-refractivity contribution is -0.137. The summed E-state index contributed by atoms with van der Waals surface area (Å²) in [7, 11) is -7.94. The van der Waals surface area contributed by atoms with Gasteiger partial charge in [0.2, 0.25) is 10.0 Å². The van der Waals surface area contributed by atoms with Crippen LogP contribution < -0.4 is 5.14 Å². The second kappa shape index (κ2) is 5.10. The first-order chi connectivity index (χ1) is 8.42. The standard InChI is InChI=1S/C9H10F3NO4S2/c10-9(11,12)7-1-3-8(4-2-7)18(14,15)5-6-19(13,16)17/h1-4H,5-6H2,(H2,13,16,17). The molecule has 5 nitrogen and oxygen atoms in total. The minimum absolute atomic E-state index is 0.385. The molecule has 0 aliphatic heterocycles. The number of hydrogen-bond acceptors (Lipinski definition) is 4. The van der Waals surface area contributed by atoms with E-state index in [0.29, 0.717) is 12.1 Å². The van der Waals surface area contributed by atoms with Gasteiger partial charge in [0.1, 0.15) is 0 Å². The van der Waals surface area contributed by atoms with Gasteiger partial charge in [0.25, 0.3) is 0 Å². The third-order valence-corrected chi connectivity index (χ3v) is 4.94. The van der Waals surface area contributed by atoms with Crippen LogP contribution in [0.25, 0.3) is 0 Å². The summed E-state index contributed by atoms with van der Waals surface area (Å²) in [6.07, 6.45) is -4.57. The molecule has 10 heteroatoms. The summed E-state index contributed by atoms with van der Waals surface area (Å²) in [5, 5.41) is 4.66. The van der Waals surface area contributed by atoms with Gasteiger partial charge >= 0.3 is 6.18 Å². The highest BCUT2D eigenvalue weighted by Gasteiger charge is 2.30. The number of halogens is 3. The van der Waals surface area contributed by atoms with E-state index >= 15 is 0 Å². The van der Waals surface area contributed by atoms with E-state index in [2.05, 4.69) is 5.14 Å². The van der Waals surface area contributed by atoms with Crippen LogP contribution in [0.4, 0.5) is 13.2 Å². The van der Waals surface area contributed by atoms with Crippen LogP contribution in [0.3, 0.4) is 0 Å². The van der Waals surface area contributed by atoms with Gasteiger partial charge in [-0.25, -0.2) is 22.0 Å². The highest BCUT2D eigenvalue weighted by atomic mass is 32.2. The quantitative estimate of drug-likeness (QED) is 0.887. The van der Waals surface area contributed by atoms with Crippen LogP contribution in [-0.4, -0.2) is 28.3 Å². The van der Waals surface area contributed by atoms with Gasteiger partial charge in [-0.3, -0.25) is 0 Å². The van der Waals surface area contributed by atoms with Crippen molar-refractivity contribution in [3.63, 3.8) is 0 Å². The number of hydrogen-bond donors (Lipinski definition) is 1. The minimum Gasteiger partial charge on any atom is -0.229 e. The van der Waals surface area contributed by atoms with Crippen molar-refractivity contribution in [2.24, 2.45) is 5.14 Å². The molecule has 2 N–H and O–H groups in total. The van der Waals surface area contributed by atoms with Crippen molar-refractivity contribution in [1.82, 2.24) is 0 Å². The second-order valence-electron chi connectivity index (χ2n) is 3.71. The molecule has 0 amide bonds. The highest BCUT2D eigenvalue weighted by molar-refractivity contribution is 7.94. The van der Waals surface area contributed by atoms with E-state index in [0.717, 1.165) is 12.1 Å². The maximum atomic E-state index is 12.3. The Balaban J connectivity index is 2.98. The van der Waals surface area contributed by atoms with E-state index in [1.54, 1.807) is 0 Å². The summed E-state index contributed by atoms with van der Waals surface area (Å²) < 4.78 is 81.4. The van der Waals surface area contributed by atoms with Crippen LogP contribution >= 0.6 is 0 Å². The summed E-state index contributed by atoms with van der Waals surface area (Å²) in [4.78, 5) is -0.385. The summed E-state index contributed by atoms with van der Waals surface area (Å²) in [6.45, 7) is 0. The molecule has 0 heterocycles. The number of primary sulfonamides is 1. The Morgan fingerprint density at radius 1 is 0.947 bits per heavy atom. The second-order valence-corrected chi connectivity index (χ2v) is 7.55. The Morgan fingerprint density at radius 2 is 1.42 bits per heavy atom. The van der Waals surface area contributed by atoms with E-state index in [1.165, 1.54) is 0 Å². The van der Waals surface area contributed by atoms with E-state index in [4.69, 9.17) is 0 Å². The van der Waals surface area contributed by atoms with E-state index in [1.807, 2.05) is 0 Å². The molecule has 0 aliphatic rings. The molecule has 0 spiro atoms. The van der Waals surface area contributed by atoms with Gasteiger partial charge < -0.3 is 0 Å². The largest absolute Gasteiger partial charge is 0.416 e. The van der Waals surface area contributed by atoms with Crippen molar-refractivity contribution in [2.75, 3.05) is 11.5 Å². The number of rotatable bonds is 4. The fourth-order valence-electron chi connectivity index (χ4n) is 1.19. The predicted molar refractivity (Wildman–Crippen MR) is 61.5 cm³/mol. The van der Waals surface area contributed by atoms with Crippen LogP contribution in [0.15, 0.2) is 29.2 Å². The van der Waals surface area contributed by atoms with E-state index in [9.17, 15) is 30.0 Å². The fraction of sp³-hybridized carbons (Fsp3) is 0.333. The van der Waals surface area contributed by atoms with Gasteiger partial charge in [0.15, 0.2) is 9.84 Å². The topological polar surface area (TPSA) is 94.3 Å². The first-order valence-electron chi connectivity index (χ1n) is 4.82. The molecule has 0 aliphatic carbocycles. The highest BCUT2D eigenvalue weighted by Crippen LogP contribution is 2.29. The lowest BCUT2D eigenvalue weighted by atomic mass is 10.2. The van der Waals surface area contributed by atoms with Crippen molar-refractivity contribution in [3.8, 4) is 0 Å². The molecule has 0 saturated heterocycles. The average Bonchev–Trinajstić information content (AvgIpc) is 2.25. The van der Waals surface area contributed by atoms with Crippen LogP contribution in [-0.2, 0) is 26.0 Å². The van der Waals surface area contributed by atoms with Gasteiger partial charge in [-0.05, 0) is 24.3 Å². The molecule has 0 unspecified atom stereocenters. The predicted octanol–water partition coefficient (Wildman–Crippen LogP) is 0.768.